The molecular weight excluding hydrogens is 226 g/mol. The van der Waals surface area contributed by atoms with Crippen LogP contribution in [0, 0.1) is 0 Å². The fourth-order valence-electron chi connectivity index (χ4n) is 1.35. The van der Waals surface area contributed by atoms with E-state index in [-0.39, 0.29) is 12.4 Å². The minimum atomic E-state index is -1.82. The first-order chi connectivity index (χ1) is 7.04. The molecule has 0 amide bonds. The van der Waals surface area contributed by atoms with Gasteiger partial charge in [-0.1, -0.05) is 36.4 Å². The fraction of sp³-hybridized carbons (Fsp3) is 0.333. The summed E-state index contributed by atoms with van der Waals surface area (Å²) in [7, 11) is 0. The summed E-state index contributed by atoms with van der Waals surface area (Å²) in [4.78, 5) is 1.52. The summed E-state index contributed by atoms with van der Waals surface area (Å²) < 4.78 is 0. The molecule has 16 heavy (non-hydrogen) atoms. The molecule has 2 N–H and O–H groups in total. The minimum Gasteiger partial charge on any atom is -0.353 e. The second-order valence-electron chi connectivity index (χ2n) is 3.63. The molecule has 0 bridgehead atoms. The molecule has 3 nitrogen and oxygen atoms in total. The van der Waals surface area contributed by atoms with Gasteiger partial charge < -0.3 is 10.2 Å². The molecule has 0 saturated heterocycles. The monoisotopic (exact) mass is 243 g/mol. The maximum atomic E-state index is 9.50. The molecule has 0 fully saturated rings. The van der Waals surface area contributed by atoms with Gasteiger partial charge in [-0.25, -0.2) is 4.90 Å². The molecule has 0 heterocycles. The lowest BCUT2D eigenvalue weighted by Gasteiger charge is -2.31. The third kappa shape index (κ3) is 4.77. The van der Waals surface area contributed by atoms with E-state index >= 15 is 0 Å². The van der Waals surface area contributed by atoms with Crippen LogP contribution in [-0.2, 0) is 6.54 Å². The highest BCUT2D eigenvalue weighted by atomic mass is 35.5. The second-order valence-corrected chi connectivity index (χ2v) is 3.63. The Morgan fingerprint density at radius 1 is 1.31 bits per heavy atom. The van der Waals surface area contributed by atoms with Gasteiger partial charge in [0.25, 0.3) is 0 Å². The average molecular weight is 244 g/mol. The summed E-state index contributed by atoms with van der Waals surface area (Å²) in [6.07, 6.45) is 1.65. The third-order valence-electron chi connectivity index (χ3n) is 2.16. The Labute approximate surface area is 102 Å². The molecule has 0 saturated carbocycles. The van der Waals surface area contributed by atoms with Crippen molar-refractivity contribution in [1.82, 2.24) is 4.90 Å². The summed E-state index contributed by atoms with van der Waals surface area (Å²) in [5, 5.41) is 19.0. The molecule has 0 radical (unpaired) electrons. The molecule has 0 unspecified atom stereocenters. The standard InChI is InChI=1S/C12H17NO2.ClH/c1-3-9-13(12(2,14)15)10-11-7-5-4-6-8-11;/h3-8,14-15H,1,9-10H2,2H3;1H. The summed E-state index contributed by atoms with van der Waals surface area (Å²) in [6, 6.07) is 9.67. The zero-order chi connectivity index (χ0) is 11.3. The molecule has 1 rings (SSSR count). The van der Waals surface area contributed by atoms with Gasteiger partial charge in [-0.15, -0.1) is 19.0 Å². The first-order valence-electron chi connectivity index (χ1n) is 4.88. The van der Waals surface area contributed by atoms with Gasteiger partial charge in [0.05, 0.1) is 0 Å². The third-order valence-corrected chi connectivity index (χ3v) is 2.16. The summed E-state index contributed by atoms with van der Waals surface area (Å²) in [6.45, 7) is 5.85. The van der Waals surface area contributed by atoms with Crippen LogP contribution >= 0.6 is 12.4 Å². The maximum absolute atomic E-state index is 9.50. The Balaban J connectivity index is 0.00000225. The van der Waals surface area contributed by atoms with Crippen molar-refractivity contribution in [2.24, 2.45) is 0 Å². The van der Waals surface area contributed by atoms with Gasteiger partial charge in [0.1, 0.15) is 0 Å². The fourth-order valence-corrected chi connectivity index (χ4v) is 1.35. The van der Waals surface area contributed by atoms with Crippen LogP contribution in [0.4, 0.5) is 0 Å². The van der Waals surface area contributed by atoms with Gasteiger partial charge in [0.2, 0.25) is 5.91 Å². The van der Waals surface area contributed by atoms with Crippen molar-refractivity contribution >= 4 is 12.4 Å². The summed E-state index contributed by atoms with van der Waals surface area (Å²) in [5.41, 5.74) is 1.04. The molecule has 1 aromatic rings. The SMILES string of the molecule is C=CCN(Cc1ccccc1)C(C)(O)O.Cl. The number of nitrogens with zero attached hydrogens (tertiary/aromatic N) is 1. The lowest BCUT2D eigenvalue weighted by molar-refractivity contribution is -0.250. The van der Waals surface area contributed by atoms with Crippen LogP contribution in [-0.4, -0.2) is 27.6 Å². The molecule has 1 aromatic carbocycles. The molecule has 0 aliphatic heterocycles. The van der Waals surface area contributed by atoms with Gasteiger partial charge >= 0.3 is 0 Å². The highest BCUT2D eigenvalue weighted by Gasteiger charge is 2.24. The first-order valence-corrected chi connectivity index (χ1v) is 4.88. The van der Waals surface area contributed by atoms with E-state index in [0.29, 0.717) is 13.1 Å². The number of halogens is 1. The highest BCUT2D eigenvalue weighted by molar-refractivity contribution is 5.85. The van der Waals surface area contributed by atoms with Gasteiger partial charge in [-0.3, -0.25) is 0 Å². The van der Waals surface area contributed by atoms with Crippen LogP contribution in [0.2, 0.25) is 0 Å². The van der Waals surface area contributed by atoms with Gasteiger partial charge in [0, 0.05) is 20.0 Å². The van der Waals surface area contributed by atoms with Crippen molar-refractivity contribution in [2.75, 3.05) is 6.54 Å². The lowest BCUT2D eigenvalue weighted by atomic mass is 10.2. The Morgan fingerprint density at radius 2 is 1.88 bits per heavy atom. The molecule has 0 atom stereocenters. The van der Waals surface area contributed by atoms with Crippen LogP contribution < -0.4 is 0 Å². The molecule has 90 valence electrons. The Kier molecular flexibility index (Phi) is 6.29. The average Bonchev–Trinajstić information content (AvgIpc) is 2.17. The molecular formula is C12H18ClNO2. The van der Waals surface area contributed by atoms with Gasteiger partial charge in [0.15, 0.2) is 0 Å². The molecule has 4 heteroatoms. The lowest BCUT2D eigenvalue weighted by Crippen LogP contribution is -2.45. The van der Waals surface area contributed by atoms with E-state index in [0.717, 1.165) is 5.56 Å². The maximum Gasteiger partial charge on any atom is 0.222 e. The highest BCUT2D eigenvalue weighted by Crippen LogP contribution is 2.12. The van der Waals surface area contributed by atoms with Crippen molar-refractivity contribution in [3.8, 4) is 0 Å². The normalized spacial score (nSPS) is 11.0. The Morgan fingerprint density at radius 3 is 2.31 bits per heavy atom. The van der Waals surface area contributed by atoms with E-state index in [2.05, 4.69) is 6.58 Å². The number of hydrogen-bond acceptors (Lipinski definition) is 3. The Bertz CT molecular complexity index is 309. The van der Waals surface area contributed by atoms with Crippen LogP contribution in [0.15, 0.2) is 43.0 Å². The number of rotatable bonds is 5. The van der Waals surface area contributed by atoms with E-state index in [1.165, 1.54) is 11.8 Å². The topological polar surface area (TPSA) is 43.7 Å². The summed E-state index contributed by atoms with van der Waals surface area (Å²) >= 11 is 0. The largest absolute Gasteiger partial charge is 0.353 e. The first kappa shape index (κ1) is 15.1. The minimum absolute atomic E-state index is 0. The van der Waals surface area contributed by atoms with Crippen LogP contribution in [0.5, 0.6) is 0 Å². The van der Waals surface area contributed by atoms with Crippen LogP contribution in [0.1, 0.15) is 12.5 Å². The van der Waals surface area contributed by atoms with Crippen LogP contribution in [0.3, 0.4) is 0 Å². The van der Waals surface area contributed by atoms with E-state index in [1.807, 2.05) is 30.3 Å². The van der Waals surface area contributed by atoms with Crippen molar-refractivity contribution in [1.29, 1.82) is 0 Å². The van der Waals surface area contributed by atoms with Crippen molar-refractivity contribution < 1.29 is 10.2 Å². The van der Waals surface area contributed by atoms with Crippen molar-refractivity contribution in [2.45, 2.75) is 19.4 Å². The molecule has 0 spiro atoms. The smallest absolute Gasteiger partial charge is 0.222 e. The van der Waals surface area contributed by atoms with Gasteiger partial charge in [-0.05, 0) is 5.56 Å². The van der Waals surface area contributed by atoms with Crippen molar-refractivity contribution in [3.63, 3.8) is 0 Å². The number of benzene rings is 1. The second kappa shape index (κ2) is 6.66. The van der Waals surface area contributed by atoms with Gasteiger partial charge in [-0.2, -0.15) is 0 Å². The van der Waals surface area contributed by atoms with E-state index in [1.54, 1.807) is 6.08 Å². The zero-order valence-corrected chi connectivity index (χ0v) is 10.2. The predicted octanol–water partition coefficient (Wildman–Crippen LogP) is 1.75. The predicted molar refractivity (Wildman–Crippen MR) is 67.1 cm³/mol. The quantitative estimate of drug-likeness (QED) is 0.612. The van der Waals surface area contributed by atoms with Crippen LogP contribution in [0.25, 0.3) is 0 Å². The summed E-state index contributed by atoms with van der Waals surface area (Å²) in [5.74, 6) is -1.82. The zero-order valence-electron chi connectivity index (χ0n) is 9.34. The molecule has 0 aromatic heterocycles. The molecule has 0 aliphatic carbocycles. The number of aliphatic hydroxyl groups is 2. The Hall–Kier alpha value is -0.870. The molecule has 0 aliphatic rings. The van der Waals surface area contributed by atoms with E-state index in [9.17, 15) is 10.2 Å². The van der Waals surface area contributed by atoms with Crippen molar-refractivity contribution in [3.05, 3.63) is 48.6 Å². The number of hydrogen-bond donors (Lipinski definition) is 2. The van der Waals surface area contributed by atoms with E-state index in [4.69, 9.17) is 0 Å². The van der Waals surface area contributed by atoms with E-state index < -0.39 is 5.91 Å².